The van der Waals surface area contributed by atoms with Gasteiger partial charge in [-0.25, -0.2) is 0 Å². The van der Waals surface area contributed by atoms with Gasteiger partial charge in [-0.05, 0) is 30.4 Å². The number of carbonyl (C=O) groups is 2. The molecule has 1 fully saturated rings. The summed E-state index contributed by atoms with van der Waals surface area (Å²) in [5.41, 5.74) is 0. The van der Waals surface area contributed by atoms with Crippen LogP contribution in [0.3, 0.4) is 0 Å². The first-order chi connectivity index (χ1) is 9.66. The highest BCUT2D eigenvalue weighted by Crippen LogP contribution is 2.48. The van der Waals surface area contributed by atoms with Gasteiger partial charge in [0.25, 0.3) is 0 Å². The van der Waals surface area contributed by atoms with E-state index >= 15 is 0 Å². The van der Waals surface area contributed by atoms with Crippen LogP contribution in [0.1, 0.15) is 12.2 Å². The SMILES string of the molecule is O=C(O)C1C2C=CC(C2)C1C(=O)NCCc1ccco1. The molecular formula is C15H17NO4. The number of rotatable bonds is 5. The maximum atomic E-state index is 12.2. The van der Waals surface area contributed by atoms with E-state index in [9.17, 15) is 14.7 Å². The van der Waals surface area contributed by atoms with Crippen LogP contribution in [0.5, 0.6) is 0 Å². The number of fused-ring (bicyclic) bond motifs is 2. The van der Waals surface area contributed by atoms with Crippen molar-refractivity contribution in [1.82, 2.24) is 5.32 Å². The number of nitrogens with one attached hydrogen (secondary N) is 1. The van der Waals surface area contributed by atoms with E-state index in [-0.39, 0.29) is 17.7 Å². The lowest BCUT2D eigenvalue weighted by Gasteiger charge is -2.23. The van der Waals surface area contributed by atoms with Gasteiger partial charge in [-0.1, -0.05) is 12.2 Å². The Morgan fingerprint density at radius 2 is 2.05 bits per heavy atom. The lowest BCUT2D eigenvalue weighted by atomic mass is 9.82. The number of hydrogen-bond acceptors (Lipinski definition) is 3. The summed E-state index contributed by atoms with van der Waals surface area (Å²) in [6, 6.07) is 3.66. The molecule has 0 aromatic carbocycles. The summed E-state index contributed by atoms with van der Waals surface area (Å²) in [4.78, 5) is 23.6. The first-order valence-corrected chi connectivity index (χ1v) is 6.88. The molecule has 1 amide bonds. The third-order valence-corrected chi connectivity index (χ3v) is 4.30. The van der Waals surface area contributed by atoms with Crippen molar-refractivity contribution in [1.29, 1.82) is 0 Å². The zero-order valence-corrected chi connectivity index (χ0v) is 11.0. The van der Waals surface area contributed by atoms with Crippen LogP contribution >= 0.6 is 0 Å². The largest absolute Gasteiger partial charge is 0.481 e. The third kappa shape index (κ3) is 2.24. The molecule has 3 rings (SSSR count). The van der Waals surface area contributed by atoms with E-state index in [4.69, 9.17) is 4.42 Å². The Bertz CT molecular complexity index is 534. The van der Waals surface area contributed by atoms with Crippen LogP contribution in [0.4, 0.5) is 0 Å². The summed E-state index contributed by atoms with van der Waals surface area (Å²) in [5.74, 6) is -1.13. The molecule has 4 unspecified atom stereocenters. The minimum Gasteiger partial charge on any atom is -0.481 e. The maximum Gasteiger partial charge on any atom is 0.307 e. The van der Waals surface area contributed by atoms with Crippen molar-refractivity contribution in [3.8, 4) is 0 Å². The van der Waals surface area contributed by atoms with Crippen molar-refractivity contribution in [3.05, 3.63) is 36.3 Å². The Morgan fingerprint density at radius 3 is 2.70 bits per heavy atom. The van der Waals surface area contributed by atoms with E-state index in [1.807, 2.05) is 18.2 Å². The molecule has 0 radical (unpaired) electrons. The second-order valence-electron chi connectivity index (χ2n) is 5.46. The number of carbonyl (C=O) groups excluding carboxylic acids is 1. The molecule has 1 aromatic heterocycles. The van der Waals surface area contributed by atoms with Crippen molar-refractivity contribution < 1.29 is 19.1 Å². The molecule has 5 nitrogen and oxygen atoms in total. The Morgan fingerprint density at radius 1 is 1.30 bits per heavy atom. The van der Waals surface area contributed by atoms with Gasteiger partial charge in [0.15, 0.2) is 0 Å². The van der Waals surface area contributed by atoms with Gasteiger partial charge in [0, 0.05) is 13.0 Å². The molecule has 2 aliphatic rings. The first-order valence-electron chi connectivity index (χ1n) is 6.88. The van der Waals surface area contributed by atoms with Gasteiger partial charge in [-0.15, -0.1) is 0 Å². The van der Waals surface area contributed by atoms with Crippen LogP contribution in [-0.2, 0) is 16.0 Å². The maximum absolute atomic E-state index is 12.2. The average molecular weight is 275 g/mol. The predicted molar refractivity (Wildman–Crippen MR) is 70.8 cm³/mol. The highest BCUT2D eigenvalue weighted by molar-refractivity contribution is 5.86. The Balaban J connectivity index is 1.59. The number of aliphatic carboxylic acids is 1. The van der Waals surface area contributed by atoms with Crippen LogP contribution in [-0.4, -0.2) is 23.5 Å². The van der Waals surface area contributed by atoms with E-state index in [0.717, 1.165) is 12.2 Å². The Hall–Kier alpha value is -2.04. The van der Waals surface area contributed by atoms with E-state index in [0.29, 0.717) is 13.0 Å². The number of furan rings is 1. The van der Waals surface area contributed by atoms with Crippen molar-refractivity contribution in [2.45, 2.75) is 12.8 Å². The molecule has 1 aromatic rings. The minimum absolute atomic E-state index is 0.0123. The molecule has 0 spiro atoms. The average Bonchev–Trinajstić information content (AvgIpc) is 3.13. The van der Waals surface area contributed by atoms with Crippen LogP contribution in [0, 0.1) is 23.7 Å². The molecule has 1 heterocycles. The van der Waals surface area contributed by atoms with E-state index in [2.05, 4.69) is 5.32 Å². The van der Waals surface area contributed by atoms with Crippen molar-refractivity contribution >= 4 is 11.9 Å². The van der Waals surface area contributed by atoms with Gasteiger partial charge in [-0.2, -0.15) is 0 Å². The molecular weight excluding hydrogens is 258 g/mol. The molecule has 4 atom stereocenters. The summed E-state index contributed by atoms with van der Waals surface area (Å²) in [7, 11) is 0. The van der Waals surface area contributed by atoms with Gasteiger partial charge in [0.2, 0.25) is 5.91 Å². The van der Waals surface area contributed by atoms with Gasteiger partial charge in [0.05, 0.1) is 18.1 Å². The Labute approximate surface area is 116 Å². The number of carboxylic acids is 1. The molecule has 2 aliphatic carbocycles. The smallest absolute Gasteiger partial charge is 0.307 e. The van der Waals surface area contributed by atoms with Crippen LogP contribution < -0.4 is 5.32 Å². The fourth-order valence-electron chi connectivity index (χ4n) is 3.40. The second kappa shape index (κ2) is 5.15. The molecule has 20 heavy (non-hydrogen) atoms. The fraction of sp³-hybridized carbons (Fsp3) is 0.467. The predicted octanol–water partition coefficient (Wildman–Crippen LogP) is 1.46. The first kappa shape index (κ1) is 13.0. The molecule has 2 bridgehead atoms. The number of allylic oxidation sites excluding steroid dienone is 2. The van der Waals surface area contributed by atoms with Gasteiger partial charge in [0.1, 0.15) is 5.76 Å². The monoisotopic (exact) mass is 275 g/mol. The standard InChI is InChI=1S/C15H17NO4/c17-14(16-6-5-11-2-1-7-20-11)12-9-3-4-10(8-9)13(12)15(18)19/h1-4,7,9-10,12-13H,5-6,8H2,(H,16,17)(H,18,19). The summed E-state index contributed by atoms with van der Waals surface area (Å²) >= 11 is 0. The van der Waals surface area contributed by atoms with Crippen molar-refractivity contribution in [2.24, 2.45) is 23.7 Å². The normalized spacial score (nSPS) is 30.6. The molecule has 1 saturated carbocycles. The van der Waals surface area contributed by atoms with Crippen molar-refractivity contribution in [3.63, 3.8) is 0 Å². The topological polar surface area (TPSA) is 79.5 Å². The molecule has 5 heteroatoms. The summed E-state index contributed by atoms with van der Waals surface area (Å²) in [6.45, 7) is 0.469. The second-order valence-corrected chi connectivity index (χ2v) is 5.46. The minimum atomic E-state index is -0.868. The quantitative estimate of drug-likeness (QED) is 0.797. The molecule has 0 saturated heterocycles. The highest BCUT2D eigenvalue weighted by atomic mass is 16.4. The van der Waals surface area contributed by atoms with E-state index < -0.39 is 17.8 Å². The fourth-order valence-corrected chi connectivity index (χ4v) is 3.40. The summed E-state index contributed by atoms with van der Waals surface area (Å²) < 4.78 is 5.19. The van der Waals surface area contributed by atoms with Crippen LogP contribution in [0.15, 0.2) is 35.0 Å². The third-order valence-electron chi connectivity index (χ3n) is 4.30. The lowest BCUT2D eigenvalue weighted by molar-refractivity contribution is -0.147. The zero-order valence-electron chi connectivity index (χ0n) is 11.0. The van der Waals surface area contributed by atoms with E-state index in [1.165, 1.54) is 0 Å². The highest BCUT2D eigenvalue weighted by Gasteiger charge is 2.51. The van der Waals surface area contributed by atoms with Crippen molar-refractivity contribution in [2.75, 3.05) is 6.54 Å². The summed E-state index contributed by atoms with van der Waals surface area (Å²) in [6.07, 6.45) is 6.93. The number of amides is 1. The van der Waals surface area contributed by atoms with Crippen LogP contribution in [0.25, 0.3) is 0 Å². The number of hydrogen-bond donors (Lipinski definition) is 2. The molecule has 0 aliphatic heterocycles. The number of carboxylic acid groups (broad SMARTS) is 1. The molecule has 106 valence electrons. The van der Waals surface area contributed by atoms with Gasteiger partial charge < -0.3 is 14.8 Å². The molecule has 2 N–H and O–H groups in total. The Kier molecular flexibility index (Phi) is 3.34. The summed E-state index contributed by atoms with van der Waals surface area (Å²) in [5, 5.41) is 12.1. The van der Waals surface area contributed by atoms with E-state index in [1.54, 1.807) is 12.3 Å². The van der Waals surface area contributed by atoms with Crippen LogP contribution in [0.2, 0.25) is 0 Å². The van der Waals surface area contributed by atoms with Gasteiger partial charge in [-0.3, -0.25) is 9.59 Å². The lowest BCUT2D eigenvalue weighted by Crippen LogP contribution is -2.40. The zero-order chi connectivity index (χ0) is 14.1. The van der Waals surface area contributed by atoms with Gasteiger partial charge >= 0.3 is 5.97 Å².